The zero-order valence-electron chi connectivity index (χ0n) is 16.2. The van der Waals surface area contributed by atoms with Crippen molar-refractivity contribution in [3.63, 3.8) is 0 Å². The van der Waals surface area contributed by atoms with Gasteiger partial charge < -0.3 is 10.2 Å². The van der Waals surface area contributed by atoms with Gasteiger partial charge in [-0.2, -0.15) is 13.2 Å². The van der Waals surface area contributed by atoms with Crippen LogP contribution in [0.5, 0.6) is 0 Å². The topological polar surface area (TPSA) is 70.9 Å². The van der Waals surface area contributed by atoms with Gasteiger partial charge in [-0.3, -0.25) is 4.79 Å². The van der Waals surface area contributed by atoms with Gasteiger partial charge in [-0.15, -0.1) is 0 Å². The molecule has 0 spiro atoms. The average molecular weight is 430 g/mol. The average Bonchev–Trinajstić information content (AvgIpc) is 2.61. The van der Waals surface area contributed by atoms with E-state index in [9.17, 15) is 26.4 Å². The second-order valence-electron chi connectivity index (χ2n) is 6.87. The van der Waals surface area contributed by atoms with E-state index in [1.807, 2.05) is 0 Å². The van der Waals surface area contributed by atoms with Crippen molar-refractivity contribution in [3.05, 3.63) is 59.7 Å². The first-order valence-corrected chi connectivity index (χ1v) is 10.1. The summed E-state index contributed by atoms with van der Waals surface area (Å²) in [6.07, 6.45) is -4.38. The molecule has 10 heteroatoms. The molecule has 0 heterocycles. The molecule has 2 aromatic rings. The van der Waals surface area contributed by atoms with E-state index in [1.165, 1.54) is 50.5 Å². The van der Waals surface area contributed by atoms with E-state index in [2.05, 4.69) is 5.32 Å². The Morgan fingerprint density at radius 3 is 2.07 bits per heavy atom. The Hall–Kier alpha value is -2.43. The van der Waals surface area contributed by atoms with Crippen LogP contribution < -0.4 is 10.2 Å². The van der Waals surface area contributed by atoms with Crippen molar-refractivity contribution >= 4 is 21.6 Å². The molecule has 2 aromatic carbocycles. The van der Waals surface area contributed by atoms with Gasteiger partial charge in [0.05, 0.1) is 17.5 Å². The van der Waals surface area contributed by atoms with Crippen molar-refractivity contribution in [1.82, 2.24) is 4.31 Å². The van der Waals surface area contributed by atoms with Gasteiger partial charge >= 0.3 is 6.18 Å². The van der Waals surface area contributed by atoms with Gasteiger partial charge in [0.2, 0.25) is 10.0 Å². The summed E-state index contributed by atoms with van der Waals surface area (Å²) in [5.74, 6) is -0.294. The molecule has 0 saturated carbocycles. The normalized spacial score (nSPS) is 13.3. The highest BCUT2D eigenvalue weighted by molar-refractivity contribution is 7.89. The number of hydrogen-bond acceptors (Lipinski definition) is 3. The Kier molecular flexibility index (Phi) is 7.04. The molecule has 0 aliphatic rings. The third-order valence-corrected chi connectivity index (χ3v) is 6.00. The quantitative estimate of drug-likeness (QED) is 0.701. The number of rotatable bonds is 7. The van der Waals surface area contributed by atoms with Gasteiger partial charge in [0, 0.05) is 25.3 Å². The number of hydrogen-bond donors (Lipinski definition) is 2. The third-order valence-electron chi connectivity index (χ3n) is 4.17. The Morgan fingerprint density at radius 1 is 1.03 bits per heavy atom. The van der Waals surface area contributed by atoms with E-state index in [-0.39, 0.29) is 17.3 Å². The zero-order valence-corrected chi connectivity index (χ0v) is 17.1. The molecule has 1 atom stereocenters. The van der Waals surface area contributed by atoms with E-state index < -0.39 is 21.8 Å². The number of halogens is 3. The summed E-state index contributed by atoms with van der Waals surface area (Å²) in [6, 6.07) is 10.6. The molecular formula is C19H23F3N3O3S+. The van der Waals surface area contributed by atoms with Crippen molar-refractivity contribution in [2.75, 3.05) is 33.0 Å². The molecule has 0 aliphatic heterocycles. The highest BCUT2D eigenvalue weighted by Gasteiger charge is 2.30. The molecule has 0 radical (unpaired) electrons. The fraction of sp³-hybridized carbons (Fsp3) is 0.316. The standard InChI is InChI=1S/C19H22F3N3O3S/c1-24(2)29(27,28)17-10-8-16(9-11-17)23-18(26)13-25(3)12-14-4-6-15(7-5-14)19(20,21)22/h4-11H,12-13H2,1-3H3,(H,23,26)/p+1. The first kappa shape index (κ1) is 22.9. The molecule has 1 amide bonds. The van der Waals surface area contributed by atoms with Gasteiger partial charge in [0.1, 0.15) is 6.54 Å². The molecule has 0 saturated heterocycles. The van der Waals surface area contributed by atoms with Gasteiger partial charge in [-0.05, 0) is 36.4 Å². The number of carbonyl (C=O) groups is 1. The number of amides is 1. The van der Waals surface area contributed by atoms with E-state index in [4.69, 9.17) is 0 Å². The number of quaternary nitrogens is 1. The minimum atomic E-state index is -4.38. The molecule has 0 fully saturated rings. The van der Waals surface area contributed by atoms with Gasteiger partial charge in [0.25, 0.3) is 5.91 Å². The molecule has 6 nitrogen and oxygen atoms in total. The van der Waals surface area contributed by atoms with Crippen molar-refractivity contribution in [3.8, 4) is 0 Å². The minimum absolute atomic E-state index is 0.0960. The minimum Gasteiger partial charge on any atom is -0.326 e. The van der Waals surface area contributed by atoms with Gasteiger partial charge in [-0.1, -0.05) is 12.1 Å². The number of likely N-dealkylation sites (N-methyl/N-ethyl adjacent to an activating group) is 1. The molecule has 2 rings (SSSR count). The van der Waals surface area contributed by atoms with Crippen LogP contribution in [-0.2, 0) is 27.5 Å². The number of sulfonamides is 1. The van der Waals surface area contributed by atoms with Crippen LogP contribution in [0.15, 0.2) is 53.4 Å². The number of nitrogens with zero attached hydrogens (tertiary/aromatic N) is 1. The number of benzene rings is 2. The molecule has 0 aliphatic carbocycles. The lowest BCUT2D eigenvalue weighted by molar-refractivity contribution is -0.885. The summed E-state index contributed by atoms with van der Waals surface area (Å²) in [7, 11) is 1.07. The van der Waals surface area contributed by atoms with Crippen LogP contribution in [0.2, 0.25) is 0 Å². The maximum atomic E-state index is 12.6. The predicted molar refractivity (Wildman–Crippen MR) is 103 cm³/mol. The highest BCUT2D eigenvalue weighted by Crippen LogP contribution is 2.28. The Bertz CT molecular complexity index is 941. The van der Waals surface area contributed by atoms with E-state index in [1.54, 1.807) is 7.05 Å². The molecule has 2 N–H and O–H groups in total. The summed E-state index contributed by atoms with van der Waals surface area (Å²) in [4.78, 5) is 13.1. The van der Waals surface area contributed by atoms with E-state index >= 15 is 0 Å². The van der Waals surface area contributed by atoms with Crippen LogP contribution in [-0.4, -0.2) is 46.3 Å². The van der Waals surface area contributed by atoms with Crippen LogP contribution >= 0.6 is 0 Å². The Labute approximate surface area is 168 Å². The first-order chi connectivity index (χ1) is 13.4. The second-order valence-corrected chi connectivity index (χ2v) is 9.02. The van der Waals surface area contributed by atoms with Crippen molar-refractivity contribution in [2.24, 2.45) is 0 Å². The maximum Gasteiger partial charge on any atom is 0.416 e. The smallest absolute Gasteiger partial charge is 0.326 e. The molecule has 29 heavy (non-hydrogen) atoms. The van der Waals surface area contributed by atoms with Crippen LogP contribution in [0.25, 0.3) is 0 Å². The second kappa shape index (κ2) is 8.93. The zero-order chi connectivity index (χ0) is 21.8. The Morgan fingerprint density at radius 2 is 1.59 bits per heavy atom. The van der Waals surface area contributed by atoms with Crippen molar-refractivity contribution in [2.45, 2.75) is 17.6 Å². The fourth-order valence-electron chi connectivity index (χ4n) is 2.62. The third kappa shape index (κ3) is 6.28. The van der Waals surface area contributed by atoms with Gasteiger partial charge in [-0.25, -0.2) is 12.7 Å². The lowest BCUT2D eigenvalue weighted by Gasteiger charge is -2.15. The van der Waals surface area contributed by atoms with Crippen molar-refractivity contribution in [1.29, 1.82) is 0 Å². The summed E-state index contributed by atoms with van der Waals surface area (Å²) in [5.41, 5.74) is 0.424. The summed E-state index contributed by atoms with van der Waals surface area (Å²) < 4.78 is 63.0. The van der Waals surface area contributed by atoms with Crippen LogP contribution in [0, 0.1) is 0 Å². The molecule has 1 unspecified atom stereocenters. The van der Waals surface area contributed by atoms with Crippen molar-refractivity contribution < 1.29 is 31.3 Å². The summed E-state index contributed by atoms with van der Waals surface area (Å²) in [5, 5.41) is 2.68. The highest BCUT2D eigenvalue weighted by atomic mass is 32.2. The molecular weight excluding hydrogens is 407 g/mol. The number of nitrogens with one attached hydrogen (secondary N) is 2. The SMILES string of the molecule is CN(C)S(=O)(=O)c1ccc(NC(=O)C[NH+](C)Cc2ccc(C(F)(F)F)cc2)cc1. The summed E-state index contributed by atoms with van der Waals surface area (Å²) in [6.45, 7) is 0.477. The van der Waals surface area contributed by atoms with Crippen LogP contribution in [0.3, 0.4) is 0 Å². The van der Waals surface area contributed by atoms with Crippen LogP contribution in [0.4, 0.5) is 18.9 Å². The number of anilines is 1. The maximum absolute atomic E-state index is 12.6. The fourth-order valence-corrected chi connectivity index (χ4v) is 3.52. The summed E-state index contributed by atoms with van der Waals surface area (Å²) >= 11 is 0. The molecule has 158 valence electrons. The number of carbonyl (C=O) groups excluding carboxylic acids is 1. The van der Waals surface area contributed by atoms with Gasteiger partial charge in [0.15, 0.2) is 6.54 Å². The van der Waals surface area contributed by atoms with E-state index in [0.717, 1.165) is 21.3 Å². The predicted octanol–water partition coefficient (Wildman–Crippen LogP) is 1.61. The van der Waals surface area contributed by atoms with E-state index in [0.29, 0.717) is 17.8 Å². The monoisotopic (exact) mass is 430 g/mol. The number of alkyl halides is 3. The first-order valence-electron chi connectivity index (χ1n) is 8.69. The lowest BCUT2D eigenvalue weighted by Crippen LogP contribution is -3.08. The Balaban J connectivity index is 1.92. The molecule has 0 bridgehead atoms. The van der Waals surface area contributed by atoms with Crippen LogP contribution in [0.1, 0.15) is 11.1 Å². The lowest BCUT2D eigenvalue weighted by atomic mass is 10.1. The largest absolute Gasteiger partial charge is 0.416 e. The molecule has 0 aromatic heterocycles.